The van der Waals surface area contributed by atoms with Gasteiger partial charge in [-0.15, -0.1) is 0 Å². The lowest BCUT2D eigenvalue weighted by Crippen LogP contribution is -2.40. The molecule has 0 N–H and O–H groups in total. The quantitative estimate of drug-likeness (QED) is 0.671. The maximum absolute atomic E-state index is 5.22. The largest absolute Gasteiger partial charge is 0.496 e. The molecule has 1 aromatic heterocycles. The molecule has 1 rings (SSSR count). The van der Waals surface area contributed by atoms with E-state index in [1.165, 1.54) is 24.2 Å². The van der Waals surface area contributed by atoms with E-state index in [4.69, 9.17) is 4.74 Å². The first kappa shape index (κ1) is 11.0. The highest BCUT2D eigenvalue weighted by molar-refractivity contribution is 5.22. The summed E-state index contributed by atoms with van der Waals surface area (Å²) in [4.78, 5) is 0. The van der Waals surface area contributed by atoms with Gasteiger partial charge in [0.2, 0.25) is 0 Å². The second kappa shape index (κ2) is 4.99. The number of hydrogen-bond acceptors (Lipinski definition) is 1. The highest BCUT2D eigenvalue weighted by Gasteiger charge is 2.11. The van der Waals surface area contributed by atoms with Crippen molar-refractivity contribution in [3.05, 3.63) is 23.5 Å². The van der Waals surface area contributed by atoms with Crippen LogP contribution in [0.3, 0.4) is 0 Å². The van der Waals surface area contributed by atoms with Crippen molar-refractivity contribution in [2.75, 3.05) is 7.11 Å². The number of hydrogen-bond donors (Lipinski definition) is 0. The fraction of sp³-hybridized carbons (Fsp3) is 0.583. The maximum atomic E-state index is 5.22. The van der Waals surface area contributed by atoms with Gasteiger partial charge in [-0.2, -0.15) is 0 Å². The van der Waals surface area contributed by atoms with Gasteiger partial charge in [-0.3, -0.25) is 0 Å². The zero-order valence-electron chi connectivity index (χ0n) is 9.63. The molecule has 0 saturated carbocycles. The lowest BCUT2D eigenvalue weighted by Gasteiger charge is -2.06. The van der Waals surface area contributed by atoms with Crippen LogP contribution in [0.4, 0.5) is 0 Å². The Bertz CT molecular complexity index is 284. The fourth-order valence-corrected chi connectivity index (χ4v) is 1.67. The van der Waals surface area contributed by atoms with E-state index in [-0.39, 0.29) is 0 Å². The van der Waals surface area contributed by atoms with Gasteiger partial charge in [-0.05, 0) is 0 Å². The number of ether oxygens (including phenoxy) is 1. The molecule has 0 radical (unpaired) electrons. The molecule has 1 heterocycles. The van der Waals surface area contributed by atoms with Crippen LogP contribution in [-0.4, -0.2) is 7.11 Å². The Balaban J connectivity index is 2.93. The number of unbranched alkanes of at least 4 members (excludes halogenated alkanes) is 1. The standard InChI is InChI=1S/C12H20NO/c1-5-6-7-13-10(2)8-12(14-4)9-11(13)3/h8-9H,5-7H2,1-4H3/q+1. The van der Waals surface area contributed by atoms with Crippen LogP contribution in [0.1, 0.15) is 31.2 Å². The van der Waals surface area contributed by atoms with Gasteiger partial charge in [0.05, 0.1) is 7.11 Å². The molecule has 0 bridgehead atoms. The number of rotatable bonds is 4. The predicted molar refractivity (Wildman–Crippen MR) is 57.6 cm³/mol. The second-order valence-electron chi connectivity index (χ2n) is 3.68. The van der Waals surface area contributed by atoms with Gasteiger partial charge >= 0.3 is 0 Å². The third-order valence-corrected chi connectivity index (χ3v) is 2.52. The van der Waals surface area contributed by atoms with Gasteiger partial charge in [0.15, 0.2) is 11.4 Å². The van der Waals surface area contributed by atoms with Gasteiger partial charge < -0.3 is 4.74 Å². The molecule has 0 fully saturated rings. The van der Waals surface area contributed by atoms with Crippen LogP contribution in [-0.2, 0) is 6.54 Å². The molecule has 1 aromatic rings. The minimum Gasteiger partial charge on any atom is -0.496 e. The molecule has 0 aliphatic carbocycles. The monoisotopic (exact) mass is 194 g/mol. The molecular weight excluding hydrogens is 174 g/mol. The smallest absolute Gasteiger partial charge is 0.182 e. The number of aryl methyl sites for hydroxylation is 2. The van der Waals surface area contributed by atoms with E-state index in [1.807, 2.05) is 0 Å². The Labute approximate surface area is 86.5 Å². The molecule has 0 atom stereocenters. The van der Waals surface area contributed by atoms with E-state index in [0.717, 1.165) is 12.3 Å². The van der Waals surface area contributed by atoms with Crippen LogP contribution in [0.25, 0.3) is 0 Å². The molecule has 2 nitrogen and oxygen atoms in total. The third-order valence-electron chi connectivity index (χ3n) is 2.52. The molecule has 0 unspecified atom stereocenters. The van der Waals surface area contributed by atoms with Gasteiger partial charge in [0.1, 0.15) is 12.3 Å². The predicted octanol–water partition coefficient (Wildman–Crippen LogP) is 2.40. The molecule has 0 spiro atoms. The van der Waals surface area contributed by atoms with E-state index in [0.29, 0.717) is 0 Å². The zero-order valence-corrected chi connectivity index (χ0v) is 9.63. The summed E-state index contributed by atoms with van der Waals surface area (Å²) < 4.78 is 7.56. The average molecular weight is 194 g/mol. The summed E-state index contributed by atoms with van der Waals surface area (Å²) in [5, 5.41) is 0. The molecule has 0 amide bonds. The van der Waals surface area contributed by atoms with Crippen LogP contribution < -0.4 is 9.30 Å². The highest BCUT2D eigenvalue weighted by atomic mass is 16.5. The minimum absolute atomic E-state index is 0.952. The number of aromatic nitrogens is 1. The minimum atomic E-state index is 0.952. The molecule has 14 heavy (non-hydrogen) atoms. The summed E-state index contributed by atoms with van der Waals surface area (Å²) in [7, 11) is 1.71. The number of pyridine rings is 1. The van der Waals surface area contributed by atoms with Gasteiger partial charge in [-0.1, -0.05) is 13.3 Å². The first-order valence-corrected chi connectivity index (χ1v) is 5.24. The Morgan fingerprint density at radius 2 is 1.79 bits per heavy atom. The van der Waals surface area contributed by atoms with Crippen LogP contribution in [0.2, 0.25) is 0 Å². The van der Waals surface area contributed by atoms with E-state index >= 15 is 0 Å². The molecule has 2 heteroatoms. The Hall–Kier alpha value is -1.05. The van der Waals surface area contributed by atoms with E-state index in [9.17, 15) is 0 Å². The topological polar surface area (TPSA) is 13.1 Å². The van der Waals surface area contributed by atoms with Crippen molar-refractivity contribution in [2.24, 2.45) is 0 Å². The van der Waals surface area contributed by atoms with E-state index in [2.05, 4.69) is 37.5 Å². The zero-order chi connectivity index (χ0) is 10.6. The normalized spacial score (nSPS) is 10.3. The summed E-state index contributed by atoms with van der Waals surface area (Å²) in [6, 6.07) is 4.17. The molecule has 78 valence electrons. The Kier molecular flexibility index (Phi) is 3.93. The Morgan fingerprint density at radius 3 is 2.21 bits per heavy atom. The van der Waals surface area contributed by atoms with Crippen molar-refractivity contribution in [1.82, 2.24) is 0 Å². The lowest BCUT2D eigenvalue weighted by atomic mass is 10.2. The van der Waals surface area contributed by atoms with Crippen LogP contribution in [0.5, 0.6) is 5.75 Å². The Morgan fingerprint density at radius 1 is 1.21 bits per heavy atom. The lowest BCUT2D eigenvalue weighted by molar-refractivity contribution is -0.708. The summed E-state index contributed by atoms with van der Waals surface area (Å²) in [6.07, 6.45) is 2.47. The van der Waals surface area contributed by atoms with Crippen molar-refractivity contribution in [3.63, 3.8) is 0 Å². The number of methoxy groups -OCH3 is 1. The molecule has 0 aliphatic rings. The third kappa shape index (κ3) is 2.47. The average Bonchev–Trinajstić information content (AvgIpc) is 2.16. The highest BCUT2D eigenvalue weighted by Crippen LogP contribution is 2.11. The van der Waals surface area contributed by atoms with Crippen molar-refractivity contribution in [3.8, 4) is 5.75 Å². The van der Waals surface area contributed by atoms with Gasteiger partial charge in [0.25, 0.3) is 0 Å². The first-order valence-electron chi connectivity index (χ1n) is 5.24. The summed E-state index contributed by atoms with van der Waals surface area (Å²) in [6.45, 7) is 7.59. The SMILES string of the molecule is CCCC[n+]1c(C)cc(OC)cc1C. The van der Waals surface area contributed by atoms with E-state index < -0.39 is 0 Å². The molecule has 0 aliphatic heterocycles. The summed E-state index contributed by atoms with van der Waals surface area (Å²) in [5.74, 6) is 0.952. The van der Waals surface area contributed by atoms with Gasteiger partial charge in [-0.25, -0.2) is 4.57 Å². The van der Waals surface area contributed by atoms with Crippen LogP contribution in [0.15, 0.2) is 12.1 Å². The second-order valence-corrected chi connectivity index (χ2v) is 3.68. The summed E-state index contributed by atoms with van der Waals surface area (Å²) >= 11 is 0. The molecular formula is C12H20NO+. The summed E-state index contributed by atoms with van der Waals surface area (Å²) in [5.41, 5.74) is 2.55. The first-order chi connectivity index (χ1) is 6.69. The maximum Gasteiger partial charge on any atom is 0.182 e. The van der Waals surface area contributed by atoms with Crippen molar-refractivity contribution >= 4 is 0 Å². The number of nitrogens with zero attached hydrogens (tertiary/aromatic N) is 1. The van der Waals surface area contributed by atoms with Crippen molar-refractivity contribution in [2.45, 2.75) is 40.2 Å². The van der Waals surface area contributed by atoms with Crippen LogP contribution in [0, 0.1) is 13.8 Å². The van der Waals surface area contributed by atoms with Crippen molar-refractivity contribution in [1.29, 1.82) is 0 Å². The fourth-order valence-electron chi connectivity index (χ4n) is 1.67. The van der Waals surface area contributed by atoms with Gasteiger partial charge in [0, 0.05) is 32.4 Å². The molecule has 0 aromatic carbocycles. The van der Waals surface area contributed by atoms with Crippen molar-refractivity contribution < 1.29 is 9.30 Å². The van der Waals surface area contributed by atoms with E-state index in [1.54, 1.807) is 7.11 Å². The molecule has 0 saturated heterocycles. The van der Waals surface area contributed by atoms with Crippen LogP contribution >= 0.6 is 0 Å².